The Morgan fingerprint density at radius 2 is 1.58 bits per heavy atom. The SMILES string of the molecule is CCN(CC)c1ccc([C@H]2c3sc(=O)n(CC(=O)Nc4ccc5ccccc5c4)c3SC3C(=O)N(c4ccc(OC)cc4)C(=O)C32)cc1. The summed E-state index contributed by atoms with van der Waals surface area (Å²) in [7, 11) is 1.56. The molecule has 1 N–H and O–H groups in total. The van der Waals surface area contributed by atoms with E-state index in [2.05, 4.69) is 24.1 Å². The van der Waals surface area contributed by atoms with Crippen molar-refractivity contribution in [3.05, 3.63) is 111 Å². The summed E-state index contributed by atoms with van der Waals surface area (Å²) in [5, 5.41) is 4.75. The number of ether oxygens (including phenoxy) is 1. The molecule has 0 bridgehead atoms. The average Bonchev–Trinajstić information content (AvgIpc) is 3.55. The quantitative estimate of drug-likeness (QED) is 0.181. The third-order valence-corrected chi connectivity index (χ3v) is 11.7. The summed E-state index contributed by atoms with van der Waals surface area (Å²) < 4.78 is 6.73. The molecule has 0 aliphatic carbocycles. The molecule has 7 rings (SSSR count). The average molecular weight is 679 g/mol. The summed E-state index contributed by atoms with van der Waals surface area (Å²) in [4.78, 5) is 59.2. The van der Waals surface area contributed by atoms with Gasteiger partial charge in [-0.15, -0.1) is 0 Å². The number of fused-ring (bicyclic) bond motifs is 3. The molecule has 3 amide bonds. The van der Waals surface area contributed by atoms with Gasteiger partial charge >= 0.3 is 4.87 Å². The monoisotopic (exact) mass is 678 g/mol. The van der Waals surface area contributed by atoms with Gasteiger partial charge in [0.1, 0.15) is 17.5 Å². The van der Waals surface area contributed by atoms with E-state index in [0.29, 0.717) is 27.0 Å². The Labute approximate surface area is 286 Å². The van der Waals surface area contributed by atoms with Crippen LogP contribution in [-0.2, 0) is 20.9 Å². The molecule has 4 aromatic carbocycles. The van der Waals surface area contributed by atoms with Crippen LogP contribution in [-0.4, -0.2) is 47.7 Å². The van der Waals surface area contributed by atoms with E-state index in [0.717, 1.165) is 46.4 Å². The van der Waals surface area contributed by atoms with Crippen LogP contribution in [0.5, 0.6) is 5.75 Å². The topological polar surface area (TPSA) is 101 Å². The van der Waals surface area contributed by atoms with Crippen LogP contribution in [0.1, 0.15) is 30.2 Å². The first kappa shape index (κ1) is 31.7. The molecule has 5 aromatic rings. The third-order valence-electron chi connectivity index (χ3n) is 9.10. The van der Waals surface area contributed by atoms with Gasteiger partial charge in [0.2, 0.25) is 17.7 Å². The highest BCUT2D eigenvalue weighted by Crippen LogP contribution is 2.54. The number of amides is 3. The number of hydrogen-bond acceptors (Lipinski definition) is 8. The number of hydrogen-bond donors (Lipinski definition) is 1. The van der Waals surface area contributed by atoms with Gasteiger partial charge in [-0.1, -0.05) is 65.6 Å². The second-order valence-electron chi connectivity index (χ2n) is 11.7. The zero-order valence-corrected chi connectivity index (χ0v) is 28.3. The molecule has 3 atom stereocenters. The third kappa shape index (κ3) is 5.56. The Kier molecular flexibility index (Phi) is 8.57. The predicted molar refractivity (Wildman–Crippen MR) is 192 cm³/mol. The molecule has 1 saturated heterocycles. The van der Waals surface area contributed by atoms with E-state index in [4.69, 9.17) is 4.74 Å². The van der Waals surface area contributed by atoms with Crippen LogP contribution in [0.25, 0.3) is 10.8 Å². The van der Waals surface area contributed by atoms with Crippen molar-refractivity contribution in [1.82, 2.24) is 4.57 Å². The smallest absolute Gasteiger partial charge is 0.308 e. The van der Waals surface area contributed by atoms with Gasteiger partial charge in [0.25, 0.3) is 0 Å². The highest BCUT2D eigenvalue weighted by atomic mass is 32.2. The number of nitrogens with zero attached hydrogens (tertiary/aromatic N) is 3. The van der Waals surface area contributed by atoms with Crippen molar-refractivity contribution in [2.45, 2.75) is 36.6 Å². The van der Waals surface area contributed by atoms with Crippen LogP contribution in [0.3, 0.4) is 0 Å². The molecule has 2 aliphatic heterocycles. The number of thioether (sulfide) groups is 1. The number of aromatic nitrogens is 1. The number of rotatable bonds is 9. The number of anilines is 3. The summed E-state index contributed by atoms with van der Waals surface area (Å²) in [6.07, 6.45) is 0. The standard InChI is InChI=1S/C37H34N4O5S2/c1-4-39(5-2)26-14-11-23(12-15-26)30-31-32(35(44)41(34(31)43)27-16-18-28(46-3)19-17-27)47-36-33(30)48-37(45)40(36)21-29(42)38-25-13-10-22-8-6-7-9-24(22)20-25/h6-20,30-32H,4-5,21H2,1-3H3,(H,38,42)/t30-,31?,32?/m1/s1. The van der Waals surface area contributed by atoms with Gasteiger partial charge in [0, 0.05) is 35.3 Å². The first-order valence-corrected chi connectivity index (χ1v) is 17.6. The minimum Gasteiger partial charge on any atom is -0.497 e. The normalized spacial score (nSPS) is 18.5. The minimum atomic E-state index is -0.775. The number of carbonyl (C=O) groups excluding carboxylic acids is 3. The van der Waals surface area contributed by atoms with Crippen LogP contribution >= 0.6 is 23.1 Å². The molecule has 11 heteroatoms. The molecule has 0 radical (unpaired) electrons. The van der Waals surface area contributed by atoms with Gasteiger partial charge in [-0.2, -0.15) is 0 Å². The molecule has 0 saturated carbocycles. The highest BCUT2D eigenvalue weighted by Gasteiger charge is 2.56. The fourth-order valence-electron chi connectivity index (χ4n) is 6.69. The van der Waals surface area contributed by atoms with Gasteiger partial charge in [-0.25, -0.2) is 4.90 Å². The predicted octanol–water partition coefficient (Wildman–Crippen LogP) is 6.35. The van der Waals surface area contributed by atoms with Crippen molar-refractivity contribution in [3.63, 3.8) is 0 Å². The molecule has 2 aliphatic rings. The van der Waals surface area contributed by atoms with Crippen LogP contribution in [0, 0.1) is 5.92 Å². The zero-order chi connectivity index (χ0) is 33.5. The number of benzene rings is 4. The number of carbonyl (C=O) groups is 3. The fraction of sp³-hybridized carbons (Fsp3) is 0.243. The highest BCUT2D eigenvalue weighted by molar-refractivity contribution is 8.00. The van der Waals surface area contributed by atoms with Gasteiger partial charge in [-0.3, -0.25) is 23.7 Å². The van der Waals surface area contributed by atoms with E-state index in [1.165, 1.54) is 21.2 Å². The molecule has 2 unspecified atom stereocenters. The maximum Gasteiger partial charge on any atom is 0.308 e. The molecule has 244 valence electrons. The molecule has 48 heavy (non-hydrogen) atoms. The van der Waals surface area contributed by atoms with Crippen molar-refractivity contribution in [2.75, 3.05) is 35.3 Å². The van der Waals surface area contributed by atoms with E-state index >= 15 is 0 Å². The molecule has 1 fully saturated rings. The molecule has 9 nitrogen and oxygen atoms in total. The number of thiazole rings is 1. The number of methoxy groups -OCH3 is 1. The lowest BCUT2D eigenvalue weighted by atomic mass is 9.83. The fourth-order valence-corrected chi connectivity index (χ4v) is 9.47. The summed E-state index contributed by atoms with van der Waals surface area (Å²) in [5.74, 6) is -1.67. The Hall–Kier alpha value is -4.87. The molecular formula is C37H34N4O5S2. The molecular weight excluding hydrogens is 645 g/mol. The van der Waals surface area contributed by atoms with Gasteiger partial charge in [-0.05, 0) is 78.7 Å². The minimum absolute atomic E-state index is 0.222. The summed E-state index contributed by atoms with van der Waals surface area (Å²) in [6.45, 7) is 5.67. The lowest BCUT2D eigenvalue weighted by Gasteiger charge is -2.31. The Balaban J connectivity index is 1.26. The van der Waals surface area contributed by atoms with Crippen molar-refractivity contribution in [1.29, 1.82) is 0 Å². The van der Waals surface area contributed by atoms with Crippen LogP contribution < -0.4 is 24.7 Å². The van der Waals surface area contributed by atoms with Crippen molar-refractivity contribution in [2.24, 2.45) is 5.92 Å². The Bertz CT molecular complexity index is 2090. The first-order valence-electron chi connectivity index (χ1n) is 15.9. The van der Waals surface area contributed by atoms with Crippen LogP contribution in [0.15, 0.2) is 101 Å². The van der Waals surface area contributed by atoms with Crippen LogP contribution in [0.2, 0.25) is 0 Å². The van der Waals surface area contributed by atoms with Crippen molar-refractivity contribution in [3.8, 4) is 5.75 Å². The van der Waals surface area contributed by atoms with E-state index in [9.17, 15) is 19.2 Å². The molecule has 3 heterocycles. The molecule has 1 aromatic heterocycles. The second-order valence-corrected chi connectivity index (χ2v) is 13.9. The molecule has 0 spiro atoms. The summed E-state index contributed by atoms with van der Waals surface area (Å²) >= 11 is 2.25. The number of imide groups is 1. The van der Waals surface area contributed by atoms with E-state index in [1.54, 1.807) is 31.4 Å². The summed E-state index contributed by atoms with van der Waals surface area (Å²) in [5.41, 5.74) is 2.98. The van der Waals surface area contributed by atoms with Crippen molar-refractivity contribution < 1.29 is 19.1 Å². The Morgan fingerprint density at radius 3 is 2.27 bits per heavy atom. The van der Waals surface area contributed by atoms with Gasteiger partial charge in [0.15, 0.2) is 0 Å². The zero-order valence-electron chi connectivity index (χ0n) is 26.7. The van der Waals surface area contributed by atoms with Crippen molar-refractivity contribution >= 4 is 68.7 Å². The maximum atomic E-state index is 14.2. The first-order chi connectivity index (χ1) is 23.3. The maximum absolute atomic E-state index is 14.2. The van der Waals surface area contributed by atoms with Gasteiger partial charge < -0.3 is 15.0 Å². The summed E-state index contributed by atoms with van der Waals surface area (Å²) in [6, 6.07) is 28.4. The second kappa shape index (κ2) is 13.0. The van der Waals surface area contributed by atoms with E-state index < -0.39 is 17.1 Å². The number of nitrogens with one attached hydrogen (secondary N) is 1. The van der Waals surface area contributed by atoms with E-state index in [1.807, 2.05) is 66.7 Å². The lowest BCUT2D eigenvalue weighted by Crippen LogP contribution is -2.33. The largest absolute Gasteiger partial charge is 0.497 e. The van der Waals surface area contributed by atoms with Crippen LogP contribution in [0.4, 0.5) is 17.1 Å². The Morgan fingerprint density at radius 1 is 0.875 bits per heavy atom. The lowest BCUT2D eigenvalue weighted by molar-refractivity contribution is -0.122. The van der Waals surface area contributed by atoms with Gasteiger partial charge in [0.05, 0.1) is 23.7 Å². The van der Waals surface area contributed by atoms with E-state index in [-0.39, 0.29) is 29.1 Å².